The summed E-state index contributed by atoms with van der Waals surface area (Å²) >= 11 is 3.66. The van der Waals surface area contributed by atoms with Gasteiger partial charge in [-0.25, -0.2) is 0 Å². The summed E-state index contributed by atoms with van der Waals surface area (Å²) in [6, 6.07) is 13.2. The highest BCUT2D eigenvalue weighted by Crippen LogP contribution is 2.37. The van der Waals surface area contributed by atoms with Gasteiger partial charge in [0.05, 0.1) is 11.6 Å². The Balaban J connectivity index is 1.60. The van der Waals surface area contributed by atoms with Crippen molar-refractivity contribution in [3.05, 3.63) is 57.6 Å². The zero-order valence-electron chi connectivity index (χ0n) is 17.1. The first-order valence-corrected chi connectivity index (χ1v) is 10.9. The van der Waals surface area contributed by atoms with E-state index in [2.05, 4.69) is 76.4 Å². The molecule has 1 aliphatic rings. The van der Waals surface area contributed by atoms with Crippen LogP contribution in [0.15, 0.2) is 40.9 Å². The van der Waals surface area contributed by atoms with E-state index in [0.29, 0.717) is 12.6 Å². The maximum Gasteiger partial charge on any atom is 0.175 e. The van der Waals surface area contributed by atoms with Gasteiger partial charge in [0.1, 0.15) is 6.61 Å². The molecule has 1 heterocycles. The van der Waals surface area contributed by atoms with E-state index >= 15 is 0 Å². The molecule has 2 aromatic rings. The van der Waals surface area contributed by atoms with Gasteiger partial charge in [0.25, 0.3) is 0 Å². The summed E-state index contributed by atoms with van der Waals surface area (Å²) < 4.78 is 12.6. The lowest BCUT2D eigenvalue weighted by Gasteiger charge is -2.23. The van der Waals surface area contributed by atoms with Crippen LogP contribution in [0, 0.1) is 6.92 Å². The first-order chi connectivity index (χ1) is 13.6. The van der Waals surface area contributed by atoms with Crippen LogP contribution in [-0.4, -0.2) is 37.7 Å². The number of rotatable bonds is 9. The van der Waals surface area contributed by atoms with Crippen molar-refractivity contribution in [3.8, 4) is 11.5 Å². The summed E-state index contributed by atoms with van der Waals surface area (Å²) in [5.41, 5.74) is 3.57. The van der Waals surface area contributed by atoms with Crippen molar-refractivity contribution in [2.45, 2.75) is 45.9 Å². The van der Waals surface area contributed by atoms with Crippen molar-refractivity contribution >= 4 is 15.9 Å². The third-order valence-electron chi connectivity index (χ3n) is 5.37. The van der Waals surface area contributed by atoms with Gasteiger partial charge in [-0.15, -0.1) is 0 Å². The van der Waals surface area contributed by atoms with Gasteiger partial charge in [0, 0.05) is 19.1 Å². The molecule has 152 valence electrons. The van der Waals surface area contributed by atoms with Crippen molar-refractivity contribution < 1.29 is 9.47 Å². The highest BCUT2D eigenvalue weighted by molar-refractivity contribution is 9.10. The van der Waals surface area contributed by atoms with Crippen molar-refractivity contribution in [1.82, 2.24) is 10.2 Å². The number of nitrogens with one attached hydrogen (secondary N) is 1. The zero-order chi connectivity index (χ0) is 19.9. The lowest BCUT2D eigenvalue weighted by Crippen LogP contribution is -2.37. The third kappa shape index (κ3) is 5.49. The monoisotopic (exact) mass is 446 g/mol. The standard InChI is InChI=1S/C23H31BrN2O2/c1-4-26-10-6-9-20(26)15-25-14-19-12-21(24)23(22(13-19)27-3)28-16-18-8-5-7-17(2)11-18/h5,7-8,11-13,20,25H,4,6,9-10,14-16H2,1-3H3. The van der Waals surface area contributed by atoms with Crippen LogP contribution >= 0.6 is 15.9 Å². The minimum absolute atomic E-state index is 0.517. The topological polar surface area (TPSA) is 33.7 Å². The minimum Gasteiger partial charge on any atom is -0.493 e. The second kappa shape index (κ2) is 10.3. The van der Waals surface area contributed by atoms with Crippen LogP contribution in [-0.2, 0) is 13.2 Å². The van der Waals surface area contributed by atoms with Crippen LogP contribution in [0.1, 0.15) is 36.5 Å². The molecule has 0 amide bonds. The molecular formula is C23H31BrN2O2. The molecule has 1 N–H and O–H groups in total. The summed E-state index contributed by atoms with van der Waals surface area (Å²) in [7, 11) is 1.69. The molecule has 4 nitrogen and oxygen atoms in total. The van der Waals surface area contributed by atoms with Gasteiger partial charge in [0.2, 0.25) is 0 Å². The van der Waals surface area contributed by atoms with E-state index in [4.69, 9.17) is 9.47 Å². The molecule has 3 rings (SSSR count). The van der Waals surface area contributed by atoms with Crippen molar-refractivity contribution in [2.75, 3.05) is 26.7 Å². The molecule has 1 fully saturated rings. The van der Waals surface area contributed by atoms with Gasteiger partial charge in [-0.1, -0.05) is 36.8 Å². The summed E-state index contributed by atoms with van der Waals surface area (Å²) in [5.74, 6) is 1.51. The van der Waals surface area contributed by atoms with Crippen LogP contribution < -0.4 is 14.8 Å². The van der Waals surface area contributed by atoms with Crippen LogP contribution in [0.25, 0.3) is 0 Å². The number of halogens is 1. The fourth-order valence-corrected chi connectivity index (χ4v) is 4.50. The maximum absolute atomic E-state index is 6.07. The van der Waals surface area contributed by atoms with Gasteiger partial charge in [-0.3, -0.25) is 4.90 Å². The average Bonchev–Trinajstić information content (AvgIpc) is 3.14. The smallest absolute Gasteiger partial charge is 0.175 e. The molecule has 2 aromatic carbocycles. The van der Waals surface area contributed by atoms with Gasteiger partial charge >= 0.3 is 0 Å². The van der Waals surface area contributed by atoms with E-state index in [1.54, 1.807) is 7.11 Å². The van der Waals surface area contributed by atoms with E-state index in [-0.39, 0.29) is 0 Å². The number of nitrogens with zero attached hydrogens (tertiary/aromatic N) is 1. The molecule has 1 saturated heterocycles. The molecular weight excluding hydrogens is 416 g/mol. The number of likely N-dealkylation sites (N-methyl/N-ethyl adjacent to an activating group) is 1. The number of benzene rings is 2. The Bertz CT molecular complexity index is 781. The van der Waals surface area contributed by atoms with Gasteiger partial charge in [-0.05, 0) is 72.0 Å². The Morgan fingerprint density at radius 3 is 2.82 bits per heavy atom. The first kappa shape index (κ1) is 21.2. The van der Waals surface area contributed by atoms with Crippen LogP contribution in [0.2, 0.25) is 0 Å². The number of hydrogen-bond donors (Lipinski definition) is 1. The quantitative estimate of drug-likeness (QED) is 0.592. The highest BCUT2D eigenvalue weighted by Gasteiger charge is 2.22. The van der Waals surface area contributed by atoms with Crippen LogP contribution in [0.5, 0.6) is 11.5 Å². The molecule has 0 aliphatic carbocycles. The van der Waals surface area contributed by atoms with Crippen molar-refractivity contribution in [1.29, 1.82) is 0 Å². The second-order valence-electron chi connectivity index (χ2n) is 7.44. The second-order valence-corrected chi connectivity index (χ2v) is 8.30. The van der Waals surface area contributed by atoms with E-state index in [0.717, 1.165) is 41.2 Å². The van der Waals surface area contributed by atoms with E-state index < -0.39 is 0 Å². The van der Waals surface area contributed by atoms with Crippen molar-refractivity contribution in [2.24, 2.45) is 0 Å². The number of likely N-dealkylation sites (tertiary alicyclic amines) is 1. The molecule has 1 atom stereocenters. The van der Waals surface area contributed by atoms with Gasteiger partial charge in [-0.2, -0.15) is 0 Å². The summed E-state index contributed by atoms with van der Waals surface area (Å²) in [4.78, 5) is 2.56. The molecule has 5 heteroatoms. The summed E-state index contributed by atoms with van der Waals surface area (Å²) in [5, 5.41) is 3.61. The molecule has 1 unspecified atom stereocenters. The lowest BCUT2D eigenvalue weighted by atomic mass is 10.1. The normalized spacial score (nSPS) is 17.1. The lowest BCUT2D eigenvalue weighted by molar-refractivity contribution is 0.259. The molecule has 0 saturated carbocycles. The fraction of sp³-hybridized carbons (Fsp3) is 0.478. The van der Waals surface area contributed by atoms with Gasteiger partial charge < -0.3 is 14.8 Å². The van der Waals surface area contributed by atoms with Gasteiger partial charge in [0.15, 0.2) is 11.5 Å². The van der Waals surface area contributed by atoms with Crippen LogP contribution in [0.4, 0.5) is 0 Å². The molecule has 0 spiro atoms. The summed E-state index contributed by atoms with van der Waals surface area (Å²) in [6.07, 6.45) is 2.60. The minimum atomic E-state index is 0.517. The number of ether oxygens (including phenoxy) is 2. The Labute approximate surface area is 177 Å². The molecule has 0 radical (unpaired) electrons. The van der Waals surface area contributed by atoms with E-state index in [1.165, 1.54) is 30.5 Å². The Hall–Kier alpha value is -1.56. The average molecular weight is 447 g/mol. The van der Waals surface area contributed by atoms with Crippen molar-refractivity contribution in [3.63, 3.8) is 0 Å². The number of aryl methyl sites for hydroxylation is 1. The summed E-state index contributed by atoms with van der Waals surface area (Å²) in [6.45, 7) is 9.07. The maximum atomic E-state index is 6.07. The largest absolute Gasteiger partial charge is 0.493 e. The molecule has 28 heavy (non-hydrogen) atoms. The molecule has 1 aliphatic heterocycles. The number of hydrogen-bond acceptors (Lipinski definition) is 4. The Kier molecular flexibility index (Phi) is 7.77. The molecule has 0 aromatic heterocycles. The zero-order valence-corrected chi connectivity index (χ0v) is 18.7. The predicted molar refractivity (Wildman–Crippen MR) is 118 cm³/mol. The fourth-order valence-electron chi connectivity index (χ4n) is 3.90. The first-order valence-electron chi connectivity index (χ1n) is 10.1. The Morgan fingerprint density at radius 2 is 2.07 bits per heavy atom. The predicted octanol–water partition coefficient (Wildman–Crippen LogP) is 4.92. The van der Waals surface area contributed by atoms with Crippen LogP contribution in [0.3, 0.4) is 0 Å². The van der Waals surface area contributed by atoms with E-state index in [1.807, 2.05) is 0 Å². The molecule has 0 bridgehead atoms. The highest BCUT2D eigenvalue weighted by atomic mass is 79.9. The van der Waals surface area contributed by atoms with E-state index in [9.17, 15) is 0 Å². The number of methoxy groups -OCH3 is 1. The SMILES string of the molecule is CCN1CCCC1CNCc1cc(Br)c(OCc2cccc(C)c2)c(OC)c1. The third-order valence-corrected chi connectivity index (χ3v) is 5.96. The Morgan fingerprint density at radius 1 is 1.21 bits per heavy atom.